The summed E-state index contributed by atoms with van der Waals surface area (Å²) in [7, 11) is -2.13. The van der Waals surface area contributed by atoms with Gasteiger partial charge in [-0.05, 0) is 12.3 Å². The van der Waals surface area contributed by atoms with Gasteiger partial charge in [-0.25, -0.2) is 8.42 Å². The Bertz CT molecular complexity index is 419. The van der Waals surface area contributed by atoms with Gasteiger partial charge >= 0.3 is 5.97 Å². The molecule has 0 aromatic rings. The Morgan fingerprint density at radius 3 is 2.21 bits per heavy atom. The topological polar surface area (TPSA) is 104 Å². The second-order valence-corrected chi connectivity index (χ2v) is 7.08. The zero-order valence-electron chi connectivity index (χ0n) is 11.7. The number of likely N-dealkylation sites (N-methyl/N-ethyl adjacent to an activating group) is 1. The highest BCUT2D eigenvalue weighted by atomic mass is 32.2. The molecule has 1 atom stereocenters. The smallest absolute Gasteiger partial charge is 0.308 e. The lowest BCUT2D eigenvalue weighted by Gasteiger charge is -2.17. The summed E-state index contributed by atoms with van der Waals surface area (Å²) in [6, 6.07) is 0. The summed E-state index contributed by atoms with van der Waals surface area (Å²) >= 11 is 0. The van der Waals surface area contributed by atoms with Crippen molar-refractivity contribution in [2.75, 3.05) is 26.4 Å². The molecule has 0 aliphatic carbocycles. The average molecular weight is 294 g/mol. The molecule has 0 saturated carbocycles. The van der Waals surface area contributed by atoms with E-state index in [-0.39, 0.29) is 19.0 Å². The molecule has 2 N–H and O–H groups in total. The van der Waals surface area contributed by atoms with Crippen LogP contribution in [-0.4, -0.2) is 56.1 Å². The van der Waals surface area contributed by atoms with E-state index in [9.17, 15) is 18.0 Å². The van der Waals surface area contributed by atoms with Crippen LogP contribution in [0.5, 0.6) is 0 Å². The van der Waals surface area contributed by atoms with Gasteiger partial charge in [-0.3, -0.25) is 9.59 Å². The monoisotopic (exact) mass is 294 g/mol. The Hall–Kier alpha value is -1.15. The molecular weight excluding hydrogens is 272 g/mol. The van der Waals surface area contributed by atoms with Crippen LogP contribution < -0.4 is 5.32 Å². The van der Waals surface area contributed by atoms with Gasteiger partial charge in [0.25, 0.3) is 0 Å². The van der Waals surface area contributed by atoms with Crippen molar-refractivity contribution in [1.82, 2.24) is 9.62 Å². The first-order valence-electron chi connectivity index (χ1n) is 5.94. The third-order valence-electron chi connectivity index (χ3n) is 2.58. The SMILES string of the molecule is CC(C)CC(CNC(=O)CN(C)S(C)(=O)=O)C(=O)O. The van der Waals surface area contributed by atoms with Crippen molar-refractivity contribution >= 4 is 21.9 Å². The predicted octanol–water partition coefficient (Wildman–Crippen LogP) is -0.259. The maximum atomic E-state index is 11.5. The number of nitrogens with zero attached hydrogens (tertiary/aromatic N) is 1. The predicted molar refractivity (Wildman–Crippen MR) is 71.1 cm³/mol. The first-order chi connectivity index (χ1) is 8.54. The lowest BCUT2D eigenvalue weighted by molar-refractivity contribution is -0.142. The van der Waals surface area contributed by atoms with E-state index in [0.29, 0.717) is 6.42 Å². The van der Waals surface area contributed by atoms with E-state index < -0.39 is 27.8 Å². The number of hydrogen-bond acceptors (Lipinski definition) is 4. The molecule has 0 bridgehead atoms. The number of carboxylic acid groups (broad SMARTS) is 1. The zero-order chi connectivity index (χ0) is 15.2. The Labute approximate surface area is 114 Å². The first kappa shape index (κ1) is 17.8. The summed E-state index contributed by atoms with van der Waals surface area (Å²) in [5.74, 6) is -1.93. The standard InChI is InChI=1S/C11H22N2O5S/c1-8(2)5-9(11(15)16)6-12-10(14)7-13(3)19(4,17)18/h8-9H,5-7H2,1-4H3,(H,12,14)(H,15,16). The molecule has 0 heterocycles. The van der Waals surface area contributed by atoms with E-state index in [0.717, 1.165) is 10.6 Å². The van der Waals surface area contributed by atoms with Crippen molar-refractivity contribution in [3.8, 4) is 0 Å². The van der Waals surface area contributed by atoms with Gasteiger partial charge in [0.15, 0.2) is 0 Å². The third kappa shape index (κ3) is 7.78. The fourth-order valence-electron chi connectivity index (χ4n) is 1.45. The van der Waals surface area contributed by atoms with Gasteiger partial charge in [0, 0.05) is 13.6 Å². The molecule has 0 radical (unpaired) electrons. The summed E-state index contributed by atoms with van der Waals surface area (Å²) in [5, 5.41) is 11.4. The van der Waals surface area contributed by atoms with E-state index in [1.54, 1.807) is 0 Å². The molecule has 0 aromatic heterocycles. The lowest BCUT2D eigenvalue weighted by atomic mass is 9.97. The van der Waals surface area contributed by atoms with E-state index in [4.69, 9.17) is 5.11 Å². The average Bonchev–Trinajstić information content (AvgIpc) is 2.21. The second kappa shape index (κ2) is 7.44. The van der Waals surface area contributed by atoms with Crippen molar-refractivity contribution in [1.29, 1.82) is 0 Å². The summed E-state index contributed by atoms with van der Waals surface area (Å²) < 4.78 is 23.1. The van der Waals surface area contributed by atoms with Gasteiger partial charge in [-0.2, -0.15) is 4.31 Å². The third-order valence-corrected chi connectivity index (χ3v) is 3.84. The van der Waals surface area contributed by atoms with Gasteiger partial charge in [0.2, 0.25) is 15.9 Å². The van der Waals surface area contributed by atoms with Crippen molar-refractivity contribution < 1.29 is 23.1 Å². The quantitative estimate of drug-likeness (QED) is 0.642. The van der Waals surface area contributed by atoms with Crippen molar-refractivity contribution in [3.63, 3.8) is 0 Å². The van der Waals surface area contributed by atoms with Crippen LogP contribution in [0.3, 0.4) is 0 Å². The minimum absolute atomic E-state index is 0.00392. The molecular formula is C11H22N2O5S. The number of carboxylic acids is 1. The number of amides is 1. The Morgan fingerprint density at radius 2 is 1.84 bits per heavy atom. The van der Waals surface area contributed by atoms with Crippen LogP contribution in [0.25, 0.3) is 0 Å². The minimum atomic E-state index is -3.42. The molecule has 0 fully saturated rings. The van der Waals surface area contributed by atoms with Crippen molar-refractivity contribution in [2.45, 2.75) is 20.3 Å². The van der Waals surface area contributed by atoms with E-state index >= 15 is 0 Å². The van der Waals surface area contributed by atoms with Crippen molar-refractivity contribution in [2.24, 2.45) is 11.8 Å². The van der Waals surface area contributed by atoms with Gasteiger partial charge in [-0.1, -0.05) is 13.8 Å². The van der Waals surface area contributed by atoms with Gasteiger partial charge in [0.05, 0.1) is 18.7 Å². The summed E-state index contributed by atoms with van der Waals surface area (Å²) in [6.07, 6.45) is 1.45. The number of carbonyl (C=O) groups is 2. The van der Waals surface area contributed by atoms with Crippen LogP contribution in [-0.2, 0) is 19.6 Å². The maximum absolute atomic E-state index is 11.5. The maximum Gasteiger partial charge on any atom is 0.308 e. The van der Waals surface area contributed by atoms with Crippen LogP contribution in [0.2, 0.25) is 0 Å². The number of hydrogen-bond donors (Lipinski definition) is 2. The largest absolute Gasteiger partial charge is 0.481 e. The molecule has 8 heteroatoms. The van der Waals surface area contributed by atoms with Crippen molar-refractivity contribution in [3.05, 3.63) is 0 Å². The summed E-state index contributed by atoms with van der Waals surface area (Å²) in [5.41, 5.74) is 0. The van der Waals surface area contributed by atoms with Gasteiger partial charge in [-0.15, -0.1) is 0 Å². The molecule has 0 aliphatic heterocycles. The number of nitrogens with one attached hydrogen (secondary N) is 1. The highest BCUT2D eigenvalue weighted by Crippen LogP contribution is 2.11. The molecule has 1 amide bonds. The molecule has 7 nitrogen and oxygen atoms in total. The highest BCUT2D eigenvalue weighted by molar-refractivity contribution is 7.88. The van der Waals surface area contributed by atoms with Crippen LogP contribution in [0, 0.1) is 11.8 Å². The normalized spacial score (nSPS) is 13.6. The Kier molecular flexibility index (Phi) is 6.99. The zero-order valence-corrected chi connectivity index (χ0v) is 12.5. The fraction of sp³-hybridized carbons (Fsp3) is 0.818. The number of carbonyl (C=O) groups excluding carboxylic acids is 1. The van der Waals surface area contributed by atoms with E-state index in [1.165, 1.54) is 7.05 Å². The fourth-order valence-corrected chi connectivity index (χ4v) is 1.80. The van der Waals surface area contributed by atoms with E-state index in [2.05, 4.69) is 5.32 Å². The Morgan fingerprint density at radius 1 is 1.32 bits per heavy atom. The van der Waals surface area contributed by atoms with Crippen LogP contribution in [0.1, 0.15) is 20.3 Å². The van der Waals surface area contributed by atoms with E-state index in [1.807, 2.05) is 13.8 Å². The van der Waals surface area contributed by atoms with Gasteiger partial charge < -0.3 is 10.4 Å². The molecule has 0 spiro atoms. The number of sulfonamides is 1. The Balaban J connectivity index is 4.30. The van der Waals surface area contributed by atoms with Gasteiger partial charge in [0.1, 0.15) is 0 Å². The second-order valence-electron chi connectivity index (χ2n) is 4.99. The molecule has 1 unspecified atom stereocenters. The molecule has 0 aromatic carbocycles. The lowest BCUT2D eigenvalue weighted by Crippen LogP contribution is -2.41. The molecule has 112 valence electrons. The first-order valence-corrected chi connectivity index (χ1v) is 7.79. The van der Waals surface area contributed by atoms with Crippen LogP contribution in [0.4, 0.5) is 0 Å². The molecule has 0 saturated heterocycles. The molecule has 0 rings (SSSR count). The molecule has 19 heavy (non-hydrogen) atoms. The van der Waals surface area contributed by atoms with Crippen LogP contribution >= 0.6 is 0 Å². The number of rotatable bonds is 8. The minimum Gasteiger partial charge on any atom is -0.481 e. The summed E-state index contributed by atoms with van der Waals surface area (Å²) in [6.45, 7) is 3.49. The summed E-state index contributed by atoms with van der Waals surface area (Å²) in [4.78, 5) is 22.5. The highest BCUT2D eigenvalue weighted by Gasteiger charge is 2.21. The number of aliphatic carboxylic acids is 1. The van der Waals surface area contributed by atoms with Crippen LogP contribution in [0.15, 0.2) is 0 Å². The molecule has 0 aliphatic rings.